The maximum absolute atomic E-state index is 12.8. The summed E-state index contributed by atoms with van der Waals surface area (Å²) in [4.78, 5) is 33.5. The Kier molecular flexibility index (Phi) is 6.76. The van der Waals surface area contributed by atoms with Crippen LogP contribution in [-0.2, 0) is 11.3 Å². The van der Waals surface area contributed by atoms with Crippen molar-refractivity contribution in [3.63, 3.8) is 0 Å². The summed E-state index contributed by atoms with van der Waals surface area (Å²) in [5.74, 6) is -0.290. The first-order chi connectivity index (χ1) is 15.9. The Hall–Kier alpha value is -3.23. The number of hydrogen-bond acceptors (Lipinski definition) is 6. The van der Waals surface area contributed by atoms with Gasteiger partial charge in [0.05, 0.1) is 36.0 Å². The number of aromatic amines is 1. The Balaban J connectivity index is 1.75. The molecule has 4 rings (SSSR count). The Bertz CT molecular complexity index is 1210. The van der Waals surface area contributed by atoms with E-state index in [2.05, 4.69) is 14.9 Å². The molecule has 1 aliphatic heterocycles. The third-order valence-electron chi connectivity index (χ3n) is 6.36. The Morgan fingerprint density at radius 1 is 1.30 bits per heavy atom. The van der Waals surface area contributed by atoms with Crippen LogP contribution in [0.15, 0.2) is 41.5 Å². The molecular weight excluding hydrogens is 422 g/mol. The number of H-pyrrole nitrogens is 1. The van der Waals surface area contributed by atoms with Crippen LogP contribution in [0.25, 0.3) is 10.9 Å². The monoisotopic (exact) mass is 451 g/mol. The van der Waals surface area contributed by atoms with Crippen LogP contribution in [0.4, 0.5) is 0 Å². The van der Waals surface area contributed by atoms with E-state index < -0.39 is 5.97 Å². The molecule has 0 radical (unpaired) electrons. The molecular formula is C25H29N3O5. The van der Waals surface area contributed by atoms with Gasteiger partial charge in [0, 0.05) is 31.3 Å². The topological polar surface area (TPSA) is 105 Å². The number of aromatic nitrogens is 2. The minimum atomic E-state index is -0.947. The SMILES string of the molecule is CCO[C@H]1CCN(Cc2c(OC)cc(C)c3nc[nH]c(=O)c23)[C@H](c2ccc(C(=O)O)cc2)C1. The first-order valence-corrected chi connectivity index (χ1v) is 11.2. The van der Waals surface area contributed by atoms with Crippen molar-refractivity contribution in [3.8, 4) is 5.75 Å². The second-order valence-corrected chi connectivity index (χ2v) is 8.34. The van der Waals surface area contributed by atoms with Crippen molar-refractivity contribution < 1.29 is 19.4 Å². The fraction of sp³-hybridized carbons (Fsp3) is 0.400. The standard InChI is InChI=1S/C25H29N3O5/c1-4-33-18-9-10-28(20(12-18)16-5-7-17(8-6-16)25(30)31)13-19-21(32-3)11-15(2)23-22(19)24(29)27-14-26-23/h5-8,11,14,18,20H,4,9-10,12-13H2,1-3H3,(H,30,31)(H,26,27,29)/t18-,20-/m0/s1. The average Bonchev–Trinajstić information content (AvgIpc) is 2.82. The number of benzene rings is 2. The molecule has 0 aliphatic carbocycles. The number of carboxylic acid groups (broad SMARTS) is 1. The van der Waals surface area contributed by atoms with Gasteiger partial charge in [0.25, 0.3) is 5.56 Å². The quantitative estimate of drug-likeness (QED) is 0.565. The summed E-state index contributed by atoms with van der Waals surface area (Å²) in [6, 6.07) is 8.94. The molecule has 1 fully saturated rings. The predicted octanol–water partition coefficient (Wildman–Crippen LogP) is 3.68. The zero-order valence-corrected chi connectivity index (χ0v) is 19.1. The molecule has 0 amide bonds. The molecule has 2 atom stereocenters. The fourth-order valence-corrected chi connectivity index (χ4v) is 4.75. The highest BCUT2D eigenvalue weighted by molar-refractivity contribution is 5.87. The van der Waals surface area contributed by atoms with Crippen LogP contribution in [0.2, 0.25) is 0 Å². The molecule has 2 heterocycles. The van der Waals surface area contributed by atoms with Crippen molar-refractivity contribution in [2.24, 2.45) is 0 Å². The molecule has 0 saturated carbocycles. The van der Waals surface area contributed by atoms with Gasteiger partial charge in [-0.1, -0.05) is 12.1 Å². The zero-order valence-electron chi connectivity index (χ0n) is 19.1. The molecule has 1 saturated heterocycles. The van der Waals surface area contributed by atoms with E-state index in [1.807, 2.05) is 32.0 Å². The van der Waals surface area contributed by atoms with Crippen molar-refractivity contribution in [1.82, 2.24) is 14.9 Å². The van der Waals surface area contributed by atoms with E-state index in [9.17, 15) is 14.7 Å². The first-order valence-electron chi connectivity index (χ1n) is 11.2. The van der Waals surface area contributed by atoms with E-state index in [4.69, 9.17) is 9.47 Å². The third kappa shape index (κ3) is 4.62. The van der Waals surface area contributed by atoms with Crippen molar-refractivity contribution in [3.05, 3.63) is 69.3 Å². The van der Waals surface area contributed by atoms with E-state index in [0.29, 0.717) is 29.8 Å². The molecule has 174 valence electrons. The number of ether oxygens (including phenoxy) is 2. The van der Waals surface area contributed by atoms with Crippen LogP contribution in [0.3, 0.4) is 0 Å². The lowest BCUT2D eigenvalue weighted by Crippen LogP contribution is -2.39. The molecule has 33 heavy (non-hydrogen) atoms. The number of nitrogens with zero attached hydrogens (tertiary/aromatic N) is 2. The van der Waals surface area contributed by atoms with E-state index in [1.165, 1.54) is 6.33 Å². The van der Waals surface area contributed by atoms with Gasteiger partial charge in [0.15, 0.2) is 0 Å². The number of hydrogen-bond donors (Lipinski definition) is 2. The molecule has 2 N–H and O–H groups in total. The summed E-state index contributed by atoms with van der Waals surface area (Å²) in [6.07, 6.45) is 3.20. The van der Waals surface area contributed by atoms with Gasteiger partial charge in [-0.05, 0) is 56.0 Å². The highest BCUT2D eigenvalue weighted by atomic mass is 16.5. The average molecular weight is 452 g/mol. The molecule has 1 aliphatic rings. The van der Waals surface area contributed by atoms with Crippen LogP contribution in [-0.4, -0.2) is 52.3 Å². The molecule has 1 aromatic heterocycles. The molecule has 0 unspecified atom stereocenters. The molecule has 3 aromatic rings. The largest absolute Gasteiger partial charge is 0.496 e. The molecule has 8 heteroatoms. The van der Waals surface area contributed by atoms with Crippen LogP contribution in [0.5, 0.6) is 5.75 Å². The molecule has 8 nitrogen and oxygen atoms in total. The lowest BCUT2D eigenvalue weighted by atomic mass is 9.91. The number of methoxy groups -OCH3 is 1. The lowest BCUT2D eigenvalue weighted by Gasteiger charge is -2.40. The Labute approximate surface area is 192 Å². The van der Waals surface area contributed by atoms with E-state index >= 15 is 0 Å². The number of nitrogens with one attached hydrogen (secondary N) is 1. The Morgan fingerprint density at radius 3 is 2.73 bits per heavy atom. The van der Waals surface area contributed by atoms with Crippen LogP contribution >= 0.6 is 0 Å². The summed E-state index contributed by atoms with van der Waals surface area (Å²) >= 11 is 0. The molecule has 2 aromatic carbocycles. The second-order valence-electron chi connectivity index (χ2n) is 8.34. The predicted molar refractivity (Wildman–Crippen MR) is 125 cm³/mol. The van der Waals surface area contributed by atoms with Crippen LogP contribution < -0.4 is 10.3 Å². The van der Waals surface area contributed by atoms with Gasteiger partial charge >= 0.3 is 5.97 Å². The summed E-state index contributed by atoms with van der Waals surface area (Å²) in [6.45, 7) is 5.82. The number of carbonyl (C=O) groups is 1. The number of piperidine rings is 1. The van der Waals surface area contributed by atoms with Gasteiger partial charge in [-0.25, -0.2) is 9.78 Å². The van der Waals surface area contributed by atoms with Crippen molar-refractivity contribution >= 4 is 16.9 Å². The van der Waals surface area contributed by atoms with E-state index in [0.717, 1.165) is 36.1 Å². The summed E-state index contributed by atoms with van der Waals surface area (Å²) in [5.41, 5.74) is 3.44. The number of rotatable bonds is 7. The van der Waals surface area contributed by atoms with Gasteiger partial charge in [0.1, 0.15) is 5.75 Å². The minimum absolute atomic E-state index is 0.00922. The number of carboxylic acids is 1. The van der Waals surface area contributed by atoms with Gasteiger partial charge in [-0.2, -0.15) is 0 Å². The first kappa shape index (κ1) is 22.9. The molecule has 0 spiro atoms. The summed E-state index contributed by atoms with van der Waals surface area (Å²) in [7, 11) is 1.61. The van der Waals surface area contributed by atoms with E-state index in [-0.39, 0.29) is 23.3 Å². The van der Waals surface area contributed by atoms with Gasteiger partial charge in [-0.15, -0.1) is 0 Å². The minimum Gasteiger partial charge on any atom is -0.496 e. The van der Waals surface area contributed by atoms with Gasteiger partial charge < -0.3 is 19.6 Å². The van der Waals surface area contributed by atoms with Crippen LogP contribution in [0.1, 0.15) is 52.9 Å². The lowest BCUT2D eigenvalue weighted by molar-refractivity contribution is -0.0138. The summed E-state index contributed by atoms with van der Waals surface area (Å²) in [5, 5.41) is 9.81. The van der Waals surface area contributed by atoms with Gasteiger partial charge in [0.2, 0.25) is 0 Å². The number of fused-ring (bicyclic) bond motifs is 1. The number of aromatic carboxylic acids is 1. The second kappa shape index (κ2) is 9.72. The maximum atomic E-state index is 12.8. The van der Waals surface area contributed by atoms with E-state index in [1.54, 1.807) is 19.2 Å². The fourth-order valence-electron chi connectivity index (χ4n) is 4.75. The molecule has 0 bridgehead atoms. The third-order valence-corrected chi connectivity index (χ3v) is 6.36. The zero-order chi connectivity index (χ0) is 23.5. The Morgan fingerprint density at radius 2 is 2.06 bits per heavy atom. The highest BCUT2D eigenvalue weighted by Gasteiger charge is 2.31. The van der Waals surface area contributed by atoms with Crippen LogP contribution in [0, 0.1) is 6.92 Å². The van der Waals surface area contributed by atoms with Crippen molar-refractivity contribution in [2.45, 2.75) is 45.4 Å². The van der Waals surface area contributed by atoms with Gasteiger partial charge in [-0.3, -0.25) is 9.69 Å². The smallest absolute Gasteiger partial charge is 0.335 e. The normalized spacial score (nSPS) is 19.0. The van der Waals surface area contributed by atoms with Crippen molar-refractivity contribution in [2.75, 3.05) is 20.3 Å². The van der Waals surface area contributed by atoms with Crippen molar-refractivity contribution in [1.29, 1.82) is 0 Å². The highest BCUT2D eigenvalue weighted by Crippen LogP contribution is 2.37. The summed E-state index contributed by atoms with van der Waals surface area (Å²) < 4.78 is 11.6. The number of aryl methyl sites for hydroxylation is 1. The maximum Gasteiger partial charge on any atom is 0.335 e. The number of likely N-dealkylation sites (tertiary alicyclic amines) is 1.